The van der Waals surface area contributed by atoms with Crippen LogP contribution in [0.1, 0.15) is 51.7 Å². The van der Waals surface area contributed by atoms with E-state index in [0.717, 1.165) is 24.1 Å². The number of nitrogens with one attached hydrogen (secondary N) is 2. The number of hydrogen-bond acceptors (Lipinski definition) is 5. The number of aryl methyl sites for hydroxylation is 1. The van der Waals surface area contributed by atoms with Crippen LogP contribution in [0.5, 0.6) is 0 Å². The first-order valence-electron chi connectivity index (χ1n) is 10.9. The van der Waals surface area contributed by atoms with Crippen molar-refractivity contribution in [2.24, 2.45) is 5.92 Å². The molecule has 0 atom stereocenters. The van der Waals surface area contributed by atoms with E-state index in [0.29, 0.717) is 34.8 Å². The van der Waals surface area contributed by atoms with Crippen molar-refractivity contribution < 1.29 is 19.1 Å². The van der Waals surface area contributed by atoms with Crippen LogP contribution in [0.4, 0.5) is 11.4 Å². The van der Waals surface area contributed by atoms with Crippen molar-refractivity contribution in [1.29, 1.82) is 0 Å². The third kappa shape index (κ3) is 4.95. The summed E-state index contributed by atoms with van der Waals surface area (Å²) in [6.45, 7) is 5.73. The van der Waals surface area contributed by atoms with Crippen molar-refractivity contribution in [3.05, 3.63) is 71.0 Å². The minimum absolute atomic E-state index is 0.0201. The van der Waals surface area contributed by atoms with Crippen LogP contribution in [-0.2, 0) is 9.53 Å². The topological polar surface area (TPSA) is 102 Å². The molecule has 33 heavy (non-hydrogen) atoms. The molecule has 3 aromatic rings. The number of hydrogen-bond donors (Lipinski definition) is 2. The van der Waals surface area contributed by atoms with Gasteiger partial charge in [0.25, 0.3) is 5.91 Å². The van der Waals surface area contributed by atoms with Crippen molar-refractivity contribution in [1.82, 2.24) is 9.78 Å². The van der Waals surface area contributed by atoms with Crippen molar-refractivity contribution in [3.63, 3.8) is 0 Å². The van der Waals surface area contributed by atoms with E-state index < -0.39 is 5.97 Å². The molecule has 1 aliphatic rings. The lowest BCUT2D eigenvalue weighted by atomic mass is 10.1. The average molecular weight is 447 g/mol. The second kappa shape index (κ2) is 9.28. The van der Waals surface area contributed by atoms with Gasteiger partial charge in [-0.25, -0.2) is 9.48 Å². The zero-order valence-corrected chi connectivity index (χ0v) is 18.8. The van der Waals surface area contributed by atoms with Gasteiger partial charge in [0, 0.05) is 22.9 Å². The molecule has 0 saturated heterocycles. The molecule has 0 unspecified atom stereocenters. The average Bonchev–Trinajstić information content (AvgIpc) is 3.58. The maximum Gasteiger partial charge on any atom is 0.341 e. The summed E-state index contributed by atoms with van der Waals surface area (Å²) in [6, 6.07) is 12.4. The van der Waals surface area contributed by atoms with Gasteiger partial charge < -0.3 is 15.4 Å². The minimum Gasteiger partial charge on any atom is -0.462 e. The van der Waals surface area contributed by atoms with E-state index in [4.69, 9.17) is 4.74 Å². The smallest absolute Gasteiger partial charge is 0.341 e. The van der Waals surface area contributed by atoms with Crippen LogP contribution in [0.3, 0.4) is 0 Å². The zero-order valence-electron chi connectivity index (χ0n) is 18.8. The zero-order chi connectivity index (χ0) is 23.5. The number of benzene rings is 2. The van der Waals surface area contributed by atoms with Crippen LogP contribution in [-0.4, -0.2) is 34.2 Å². The lowest BCUT2D eigenvalue weighted by Crippen LogP contribution is -2.15. The summed E-state index contributed by atoms with van der Waals surface area (Å²) in [7, 11) is 0. The van der Waals surface area contributed by atoms with Crippen LogP contribution < -0.4 is 10.6 Å². The number of ether oxygens (including phenoxy) is 1. The molecule has 0 radical (unpaired) electrons. The molecule has 0 aliphatic heterocycles. The fourth-order valence-electron chi connectivity index (χ4n) is 3.45. The number of amides is 2. The minimum atomic E-state index is -0.414. The maximum absolute atomic E-state index is 12.8. The van der Waals surface area contributed by atoms with Crippen molar-refractivity contribution in [3.8, 4) is 5.69 Å². The summed E-state index contributed by atoms with van der Waals surface area (Å²) in [6.07, 6.45) is 3.34. The lowest BCUT2D eigenvalue weighted by Gasteiger charge is -2.12. The summed E-state index contributed by atoms with van der Waals surface area (Å²) in [5, 5.41) is 10.1. The fraction of sp³-hybridized carbons (Fsp3) is 0.280. The predicted octanol–water partition coefficient (Wildman–Crippen LogP) is 4.27. The van der Waals surface area contributed by atoms with Crippen LogP contribution in [0.2, 0.25) is 0 Å². The van der Waals surface area contributed by atoms with Gasteiger partial charge in [0.2, 0.25) is 5.91 Å². The number of rotatable bonds is 7. The maximum atomic E-state index is 12.8. The van der Waals surface area contributed by atoms with Gasteiger partial charge >= 0.3 is 5.97 Å². The molecule has 2 N–H and O–H groups in total. The molecule has 8 heteroatoms. The first-order chi connectivity index (χ1) is 15.9. The van der Waals surface area contributed by atoms with Gasteiger partial charge in [-0.05, 0) is 75.6 Å². The van der Waals surface area contributed by atoms with Crippen molar-refractivity contribution in [2.75, 3.05) is 17.2 Å². The Kier molecular flexibility index (Phi) is 6.26. The molecule has 0 spiro atoms. The number of anilines is 2. The van der Waals surface area contributed by atoms with Gasteiger partial charge in [0.1, 0.15) is 5.56 Å². The summed E-state index contributed by atoms with van der Waals surface area (Å²) in [4.78, 5) is 36.9. The molecule has 1 saturated carbocycles. The molecule has 1 fully saturated rings. The highest BCUT2D eigenvalue weighted by Gasteiger charge is 2.29. The number of aromatic nitrogens is 2. The standard InChI is InChI=1S/C25H26N4O4/c1-4-33-25(32)21-14-26-29(16(21)3)20-11-8-18(9-12-20)24(31)28-22-13-19(10-5-15(22)2)27-23(30)17-6-7-17/h5,8-14,17H,4,6-7H2,1-3H3,(H,27,30)(H,28,31). The van der Waals surface area contributed by atoms with Gasteiger partial charge in [-0.3, -0.25) is 9.59 Å². The van der Waals surface area contributed by atoms with Gasteiger partial charge in [-0.1, -0.05) is 6.07 Å². The molecule has 2 aromatic carbocycles. The highest BCUT2D eigenvalue weighted by atomic mass is 16.5. The number of carbonyl (C=O) groups is 3. The summed E-state index contributed by atoms with van der Waals surface area (Å²) < 4.78 is 6.68. The first-order valence-corrected chi connectivity index (χ1v) is 10.9. The molecule has 0 bridgehead atoms. The molecule has 1 aliphatic carbocycles. The Labute approximate surface area is 191 Å². The monoisotopic (exact) mass is 446 g/mol. The van der Waals surface area contributed by atoms with Crippen LogP contribution in [0, 0.1) is 19.8 Å². The van der Waals surface area contributed by atoms with Gasteiger partial charge in [0.05, 0.1) is 24.2 Å². The van der Waals surface area contributed by atoms with E-state index in [1.54, 1.807) is 48.9 Å². The van der Waals surface area contributed by atoms with E-state index in [-0.39, 0.29) is 17.7 Å². The molecule has 8 nitrogen and oxygen atoms in total. The number of carbonyl (C=O) groups excluding carboxylic acids is 3. The lowest BCUT2D eigenvalue weighted by molar-refractivity contribution is -0.117. The van der Waals surface area contributed by atoms with Gasteiger partial charge in [0.15, 0.2) is 0 Å². The summed E-state index contributed by atoms with van der Waals surface area (Å²) in [5.74, 6) is -0.552. The Morgan fingerprint density at radius 2 is 1.79 bits per heavy atom. The normalized spacial score (nSPS) is 12.8. The Morgan fingerprint density at radius 1 is 1.06 bits per heavy atom. The number of nitrogens with zero attached hydrogens (tertiary/aromatic N) is 2. The quantitative estimate of drug-likeness (QED) is 0.528. The van der Waals surface area contributed by atoms with E-state index in [1.165, 1.54) is 6.20 Å². The van der Waals surface area contributed by atoms with E-state index >= 15 is 0 Å². The highest BCUT2D eigenvalue weighted by Crippen LogP contribution is 2.31. The van der Waals surface area contributed by atoms with Gasteiger partial charge in [-0.15, -0.1) is 0 Å². The molecular weight excluding hydrogens is 420 g/mol. The van der Waals surface area contributed by atoms with Crippen molar-refractivity contribution >= 4 is 29.2 Å². The SMILES string of the molecule is CCOC(=O)c1cnn(-c2ccc(C(=O)Nc3cc(NC(=O)C4CC4)ccc3C)cc2)c1C. The molecule has 170 valence electrons. The Balaban J connectivity index is 1.47. The summed E-state index contributed by atoms with van der Waals surface area (Å²) >= 11 is 0. The Hall–Kier alpha value is -3.94. The highest BCUT2D eigenvalue weighted by molar-refractivity contribution is 6.05. The third-order valence-corrected chi connectivity index (χ3v) is 5.58. The van der Waals surface area contributed by atoms with Crippen LogP contribution in [0.25, 0.3) is 5.69 Å². The second-order valence-corrected chi connectivity index (χ2v) is 8.07. The predicted molar refractivity (Wildman–Crippen MR) is 125 cm³/mol. The number of esters is 1. The molecule has 1 heterocycles. The molecule has 4 rings (SSSR count). The Morgan fingerprint density at radius 3 is 2.45 bits per heavy atom. The Bertz CT molecular complexity index is 1210. The third-order valence-electron chi connectivity index (χ3n) is 5.58. The van der Waals surface area contributed by atoms with Crippen LogP contribution >= 0.6 is 0 Å². The molecule has 1 aromatic heterocycles. The van der Waals surface area contributed by atoms with Gasteiger partial charge in [-0.2, -0.15) is 5.10 Å². The van der Waals surface area contributed by atoms with E-state index in [9.17, 15) is 14.4 Å². The largest absolute Gasteiger partial charge is 0.462 e. The van der Waals surface area contributed by atoms with Crippen molar-refractivity contribution in [2.45, 2.75) is 33.6 Å². The molecule has 2 amide bonds. The first kappa shape index (κ1) is 22.3. The molecular formula is C25H26N4O4. The second-order valence-electron chi connectivity index (χ2n) is 8.07. The fourth-order valence-corrected chi connectivity index (χ4v) is 3.45. The van der Waals surface area contributed by atoms with E-state index in [1.807, 2.05) is 19.1 Å². The van der Waals surface area contributed by atoms with E-state index in [2.05, 4.69) is 15.7 Å². The van der Waals surface area contributed by atoms with Crippen LogP contribution in [0.15, 0.2) is 48.7 Å². The summed E-state index contributed by atoms with van der Waals surface area (Å²) in [5.41, 5.74) is 4.45.